The summed E-state index contributed by atoms with van der Waals surface area (Å²) in [4.78, 5) is 23.9. The Morgan fingerprint density at radius 2 is 1.96 bits per heavy atom. The maximum atomic E-state index is 12.3. The molecule has 0 saturated heterocycles. The van der Waals surface area contributed by atoms with Crippen molar-refractivity contribution in [3.05, 3.63) is 54.1 Å². The number of carboxylic acid groups (broad SMARTS) is 1. The van der Waals surface area contributed by atoms with Crippen molar-refractivity contribution in [1.29, 1.82) is 5.26 Å². The van der Waals surface area contributed by atoms with Crippen LogP contribution in [0.15, 0.2) is 53.4 Å². The number of thioether (sulfide) groups is 1. The molecule has 2 amide bonds. The van der Waals surface area contributed by atoms with E-state index in [-0.39, 0.29) is 17.7 Å². The molecular weight excluding hydrogens is 362 g/mol. The number of nitriles is 1. The topological polar surface area (TPSA) is 102 Å². The number of nitrogens with zero attached hydrogens (tertiary/aromatic N) is 1. The zero-order valence-corrected chi connectivity index (χ0v) is 15.8. The van der Waals surface area contributed by atoms with Crippen LogP contribution in [0.2, 0.25) is 0 Å². The van der Waals surface area contributed by atoms with Crippen molar-refractivity contribution < 1.29 is 14.7 Å². The molecule has 6 nitrogen and oxygen atoms in total. The summed E-state index contributed by atoms with van der Waals surface area (Å²) in [5.41, 5.74) is 2.11. The van der Waals surface area contributed by atoms with Crippen molar-refractivity contribution in [3.63, 3.8) is 0 Å². The maximum absolute atomic E-state index is 12.3. The highest BCUT2D eigenvalue weighted by Gasteiger charge is 2.11. The van der Waals surface area contributed by atoms with Crippen molar-refractivity contribution in [2.45, 2.75) is 36.3 Å². The molecule has 0 heterocycles. The van der Waals surface area contributed by atoms with Crippen molar-refractivity contribution >= 4 is 35.1 Å². The Hall–Kier alpha value is -2.98. The molecule has 0 aromatic heterocycles. The SMILES string of the molecule is CC(CC#N)Sc1ccccc1NC(=O)Nc1cccc(CCC(=O)O)c1. The Bertz CT molecular complexity index is 848. The number of urea groups is 1. The predicted molar refractivity (Wildman–Crippen MR) is 107 cm³/mol. The van der Waals surface area contributed by atoms with Gasteiger partial charge in [-0.1, -0.05) is 31.2 Å². The lowest BCUT2D eigenvalue weighted by Gasteiger charge is -2.14. The van der Waals surface area contributed by atoms with Crippen LogP contribution in [0.3, 0.4) is 0 Å². The molecule has 0 fully saturated rings. The number of aliphatic carboxylic acids is 1. The molecule has 140 valence electrons. The monoisotopic (exact) mass is 383 g/mol. The Morgan fingerprint density at radius 1 is 1.19 bits per heavy atom. The van der Waals surface area contributed by atoms with Crippen LogP contribution >= 0.6 is 11.8 Å². The highest BCUT2D eigenvalue weighted by Crippen LogP contribution is 2.31. The Balaban J connectivity index is 2.01. The van der Waals surface area contributed by atoms with Crippen LogP contribution in [0.5, 0.6) is 0 Å². The van der Waals surface area contributed by atoms with Gasteiger partial charge in [-0.05, 0) is 36.2 Å². The molecule has 2 aromatic carbocycles. The first kappa shape index (κ1) is 20.3. The number of carboxylic acids is 1. The molecule has 1 unspecified atom stereocenters. The lowest BCUT2D eigenvalue weighted by Crippen LogP contribution is -2.20. The Morgan fingerprint density at radius 3 is 2.70 bits per heavy atom. The van der Waals surface area contributed by atoms with Gasteiger partial charge in [-0.25, -0.2) is 4.79 Å². The van der Waals surface area contributed by atoms with E-state index in [1.54, 1.807) is 18.2 Å². The molecule has 2 rings (SSSR count). The standard InChI is InChI=1S/C20H21N3O3S/c1-14(11-12-21)27-18-8-3-2-7-17(18)23-20(26)22-16-6-4-5-15(13-16)9-10-19(24)25/h2-8,13-14H,9-11H2,1H3,(H,24,25)(H2,22,23,26). The smallest absolute Gasteiger partial charge is 0.323 e. The van der Waals surface area contributed by atoms with Gasteiger partial charge >= 0.3 is 12.0 Å². The Kier molecular flexibility index (Phi) is 7.71. The van der Waals surface area contributed by atoms with E-state index in [2.05, 4.69) is 16.7 Å². The molecule has 0 aliphatic carbocycles. The van der Waals surface area contributed by atoms with E-state index in [1.165, 1.54) is 11.8 Å². The van der Waals surface area contributed by atoms with E-state index in [1.807, 2.05) is 37.3 Å². The summed E-state index contributed by atoms with van der Waals surface area (Å²) in [7, 11) is 0. The molecule has 2 aromatic rings. The van der Waals surface area contributed by atoms with Crippen LogP contribution in [0.1, 0.15) is 25.3 Å². The first-order valence-electron chi connectivity index (χ1n) is 8.49. The highest BCUT2D eigenvalue weighted by atomic mass is 32.2. The van der Waals surface area contributed by atoms with Gasteiger partial charge in [-0.3, -0.25) is 4.79 Å². The number of anilines is 2. The Labute approximate surface area is 162 Å². The van der Waals surface area contributed by atoms with Gasteiger partial charge in [0.05, 0.1) is 11.8 Å². The van der Waals surface area contributed by atoms with Gasteiger partial charge in [0, 0.05) is 28.7 Å². The lowest BCUT2D eigenvalue weighted by atomic mass is 10.1. The first-order chi connectivity index (χ1) is 13.0. The number of amides is 2. The second kappa shape index (κ2) is 10.2. The number of hydrogen-bond donors (Lipinski definition) is 3. The number of benzene rings is 2. The molecular formula is C20H21N3O3S. The summed E-state index contributed by atoms with van der Waals surface area (Å²) in [6.07, 6.45) is 0.873. The van der Waals surface area contributed by atoms with Gasteiger partial charge in [0.25, 0.3) is 0 Å². The first-order valence-corrected chi connectivity index (χ1v) is 9.37. The van der Waals surface area contributed by atoms with Gasteiger partial charge in [0.15, 0.2) is 0 Å². The summed E-state index contributed by atoms with van der Waals surface area (Å²) in [5, 5.41) is 23.3. The fourth-order valence-electron chi connectivity index (χ4n) is 2.40. The van der Waals surface area contributed by atoms with Crippen molar-refractivity contribution in [3.8, 4) is 6.07 Å². The molecule has 0 bridgehead atoms. The minimum atomic E-state index is -0.856. The third-order valence-corrected chi connectivity index (χ3v) is 4.83. The van der Waals surface area contributed by atoms with Gasteiger partial charge in [-0.15, -0.1) is 11.8 Å². The predicted octanol–water partition coefficient (Wildman–Crippen LogP) is 4.74. The van der Waals surface area contributed by atoms with E-state index >= 15 is 0 Å². The van der Waals surface area contributed by atoms with Gasteiger partial charge < -0.3 is 15.7 Å². The molecule has 0 spiro atoms. The average Bonchev–Trinajstić information content (AvgIpc) is 2.62. The average molecular weight is 383 g/mol. The lowest BCUT2D eigenvalue weighted by molar-refractivity contribution is -0.136. The summed E-state index contributed by atoms with van der Waals surface area (Å²) in [6, 6.07) is 16.3. The number of nitrogens with one attached hydrogen (secondary N) is 2. The summed E-state index contributed by atoms with van der Waals surface area (Å²) in [5.74, 6) is -0.856. The zero-order valence-electron chi connectivity index (χ0n) is 14.9. The molecule has 7 heteroatoms. The third-order valence-electron chi connectivity index (χ3n) is 3.65. The van der Waals surface area contributed by atoms with E-state index in [9.17, 15) is 9.59 Å². The fourth-order valence-corrected chi connectivity index (χ4v) is 3.39. The number of hydrogen-bond acceptors (Lipinski definition) is 4. The second-order valence-electron chi connectivity index (χ2n) is 5.96. The van der Waals surface area contributed by atoms with Crippen LogP contribution in [-0.4, -0.2) is 22.4 Å². The van der Waals surface area contributed by atoms with E-state index in [0.29, 0.717) is 24.2 Å². The molecule has 0 saturated carbocycles. The normalized spacial score (nSPS) is 11.3. The van der Waals surface area contributed by atoms with Crippen LogP contribution in [0.25, 0.3) is 0 Å². The zero-order chi connectivity index (χ0) is 19.6. The third kappa shape index (κ3) is 7.04. The minimum absolute atomic E-state index is 0.0428. The van der Waals surface area contributed by atoms with Gasteiger partial charge in [0.1, 0.15) is 0 Å². The van der Waals surface area contributed by atoms with Crippen LogP contribution in [0.4, 0.5) is 16.2 Å². The number of carbonyl (C=O) groups excluding carboxylic acids is 1. The number of aryl methyl sites for hydroxylation is 1. The molecule has 3 N–H and O–H groups in total. The van der Waals surface area contributed by atoms with E-state index in [0.717, 1.165) is 10.5 Å². The molecule has 0 aliphatic rings. The number of rotatable bonds is 8. The molecule has 1 atom stereocenters. The van der Waals surface area contributed by atoms with E-state index < -0.39 is 5.97 Å². The van der Waals surface area contributed by atoms with Crippen molar-refractivity contribution in [2.24, 2.45) is 0 Å². The summed E-state index contributed by atoms with van der Waals surface area (Å²) < 4.78 is 0. The number of carbonyl (C=O) groups is 2. The summed E-state index contributed by atoms with van der Waals surface area (Å²) in [6.45, 7) is 1.97. The fraction of sp³-hybridized carbons (Fsp3) is 0.250. The largest absolute Gasteiger partial charge is 0.481 e. The van der Waals surface area contributed by atoms with Crippen molar-refractivity contribution in [1.82, 2.24) is 0 Å². The molecule has 27 heavy (non-hydrogen) atoms. The van der Waals surface area contributed by atoms with Crippen LogP contribution in [0, 0.1) is 11.3 Å². The molecule has 0 aliphatic heterocycles. The second-order valence-corrected chi connectivity index (χ2v) is 7.44. The van der Waals surface area contributed by atoms with Gasteiger partial charge in [-0.2, -0.15) is 5.26 Å². The van der Waals surface area contributed by atoms with E-state index in [4.69, 9.17) is 10.4 Å². The quantitative estimate of drug-likeness (QED) is 0.571. The van der Waals surface area contributed by atoms with Crippen molar-refractivity contribution in [2.75, 3.05) is 10.6 Å². The minimum Gasteiger partial charge on any atom is -0.481 e. The van der Waals surface area contributed by atoms with Crippen LogP contribution < -0.4 is 10.6 Å². The summed E-state index contributed by atoms with van der Waals surface area (Å²) >= 11 is 1.53. The maximum Gasteiger partial charge on any atom is 0.323 e. The highest BCUT2D eigenvalue weighted by molar-refractivity contribution is 8.00. The van der Waals surface area contributed by atoms with Gasteiger partial charge in [0.2, 0.25) is 0 Å². The number of para-hydroxylation sites is 1. The van der Waals surface area contributed by atoms with Crippen LogP contribution in [-0.2, 0) is 11.2 Å². The molecule has 0 radical (unpaired) electrons.